The summed E-state index contributed by atoms with van der Waals surface area (Å²) < 4.78 is 15.0. The second-order valence-electron chi connectivity index (χ2n) is 7.35. The predicted octanol–water partition coefficient (Wildman–Crippen LogP) is 4.82. The van der Waals surface area contributed by atoms with E-state index >= 15 is 0 Å². The molecule has 6 heteroatoms. The molecule has 0 aliphatic heterocycles. The Labute approximate surface area is 180 Å². The van der Waals surface area contributed by atoms with Crippen molar-refractivity contribution in [2.75, 3.05) is 12.4 Å². The minimum atomic E-state index is -0.522. The fourth-order valence-electron chi connectivity index (χ4n) is 3.53. The summed E-state index contributed by atoms with van der Waals surface area (Å²) in [5.41, 5.74) is 3.39. The summed E-state index contributed by atoms with van der Waals surface area (Å²) in [6.07, 6.45) is 3.77. The van der Waals surface area contributed by atoms with Gasteiger partial charge in [-0.15, -0.1) is 0 Å². The minimum Gasteiger partial charge on any atom is -0.324 e. The SMILES string of the molecule is CN(Cc1cnn(-c2ccccc2)c1)[C@H](C(=O)Nc1ccc(F)cc1)c1ccccc1. The molecule has 5 nitrogen and oxygen atoms in total. The molecule has 0 saturated heterocycles. The summed E-state index contributed by atoms with van der Waals surface area (Å²) in [5.74, 6) is -0.527. The van der Waals surface area contributed by atoms with E-state index in [1.807, 2.05) is 89.7 Å². The number of aromatic nitrogens is 2. The Balaban J connectivity index is 1.54. The fraction of sp³-hybridized carbons (Fsp3) is 0.120. The summed E-state index contributed by atoms with van der Waals surface area (Å²) in [4.78, 5) is 15.2. The summed E-state index contributed by atoms with van der Waals surface area (Å²) >= 11 is 0. The molecule has 4 aromatic rings. The van der Waals surface area contributed by atoms with Gasteiger partial charge in [-0.3, -0.25) is 9.69 Å². The third-order valence-corrected chi connectivity index (χ3v) is 5.00. The number of amides is 1. The molecule has 0 saturated carbocycles. The van der Waals surface area contributed by atoms with Gasteiger partial charge in [-0.25, -0.2) is 9.07 Å². The van der Waals surface area contributed by atoms with Crippen molar-refractivity contribution in [3.05, 3.63) is 114 Å². The number of carbonyl (C=O) groups is 1. The molecule has 1 atom stereocenters. The second-order valence-corrected chi connectivity index (χ2v) is 7.35. The molecule has 0 aliphatic rings. The highest BCUT2D eigenvalue weighted by molar-refractivity contribution is 5.95. The highest BCUT2D eigenvalue weighted by Crippen LogP contribution is 2.24. The maximum absolute atomic E-state index is 13.2. The Morgan fingerprint density at radius 2 is 1.65 bits per heavy atom. The Hall–Kier alpha value is -3.77. The van der Waals surface area contributed by atoms with Gasteiger partial charge in [0.2, 0.25) is 5.91 Å². The van der Waals surface area contributed by atoms with Gasteiger partial charge in [-0.05, 0) is 49.0 Å². The van der Waals surface area contributed by atoms with Crippen molar-refractivity contribution in [3.8, 4) is 5.69 Å². The smallest absolute Gasteiger partial charge is 0.246 e. The average Bonchev–Trinajstić information content (AvgIpc) is 3.25. The summed E-state index contributed by atoms with van der Waals surface area (Å²) in [6, 6.07) is 24.7. The molecule has 0 fully saturated rings. The normalized spacial score (nSPS) is 12.0. The highest BCUT2D eigenvalue weighted by atomic mass is 19.1. The number of hydrogen-bond acceptors (Lipinski definition) is 3. The van der Waals surface area contributed by atoms with Crippen LogP contribution in [0.5, 0.6) is 0 Å². The molecule has 0 spiro atoms. The Kier molecular flexibility index (Phi) is 6.19. The van der Waals surface area contributed by atoms with E-state index in [0.717, 1.165) is 16.8 Å². The van der Waals surface area contributed by atoms with Gasteiger partial charge in [-0.2, -0.15) is 5.10 Å². The monoisotopic (exact) mass is 414 g/mol. The zero-order chi connectivity index (χ0) is 21.6. The summed E-state index contributed by atoms with van der Waals surface area (Å²) in [6.45, 7) is 0.531. The predicted molar refractivity (Wildman–Crippen MR) is 119 cm³/mol. The van der Waals surface area contributed by atoms with E-state index in [0.29, 0.717) is 12.2 Å². The van der Waals surface area contributed by atoms with Crippen LogP contribution in [0, 0.1) is 5.82 Å². The van der Waals surface area contributed by atoms with Gasteiger partial charge >= 0.3 is 0 Å². The Morgan fingerprint density at radius 1 is 1.00 bits per heavy atom. The Bertz CT molecular complexity index is 1130. The lowest BCUT2D eigenvalue weighted by molar-refractivity contribution is -0.121. The van der Waals surface area contributed by atoms with Gasteiger partial charge in [0.1, 0.15) is 11.9 Å². The van der Waals surface area contributed by atoms with E-state index < -0.39 is 6.04 Å². The number of rotatable bonds is 7. The van der Waals surface area contributed by atoms with Crippen LogP contribution in [0.1, 0.15) is 17.2 Å². The number of benzene rings is 3. The van der Waals surface area contributed by atoms with Crippen LogP contribution in [0.4, 0.5) is 10.1 Å². The van der Waals surface area contributed by atoms with E-state index in [1.165, 1.54) is 12.1 Å². The van der Waals surface area contributed by atoms with Crippen LogP contribution in [-0.2, 0) is 11.3 Å². The lowest BCUT2D eigenvalue weighted by Gasteiger charge is -2.27. The molecule has 1 aromatic heterocycles. The maximum atomic E-state index is 13.2. The number of likely N-dealkylation sites (N-methyl/N-ethyl adjacent to an activating group) is 1. The van der Waals surface area contributed by atoms with Crippen LogP contribution in [0.3, 0.4) is 0 Å². The van der Waals surface area contributed by atoms with Crippen LogP contribution in [0.2, 0.25) is 0 Å². The van der Waals surface area contributed by atoms with Crippen LogP contribution in [-0.4, -0.2) is 27.6 Å². The number of anilines is 1. The molecule has 1 amide bonds. The average molecular weight is 414 g/mol. The molecule has 1 N–H and O–H groups in total. The van der Waals surface area contributed by atoms with Gasteiger partial charge in [0.25, 0.3) is 0 Å². The third kappa shape index (κ3) is 5.05. The number of halogens is 1. The maximum Gasteiger partial charge on any atom is 0.246 e. The van der Waals surface area contributed by atoms with Crippen LogP contribution >= 0.6 is 0 Å². The van der Waals surface area contributed by atoms with Crippen molar-refractivity contribution in [2.24, 2.45) is 0 Å². The number of nitrogens with zero attached hydrogens (tertiary/aromatic N) is 3. The molecule has 0 radical (unpaired) electrons. The molecule has 0 bridgehead atoms. The standard InChI is InChI=1S/C25H23FN4O/c1-29(17-19-16-27-30(18-19)23-10-6-3-7-11-23)24(20-8-4-2-5-9-20)25(31)28-22-14-12-21(26)13-15-22/h2-16,18,24H,17H2,1H3,(H,28,31)/t24-/m0/s1. The van der Waals surface area contributed by atoms with Gasteiger partial charge in [0, 0.05) is 24.0 Å². The largest absolute Gasteiger partial charge is 0.324 e. The molecule has 3 aromatic carbocycles. The second kappa shape index (κ2) is 9.36. The zero-order valence-electron chi connectivity index (χ0n) is 17.1. The lowest BCUT2D eigenvalue weighted by atomic mass is 10.0. The highest BCUT2D eigenvalue weighted by Gasteiger charge is 2.25. The topological polar surface area (TPSA) is 50.2 Å². The number of para-hydroxylation sites is 1. The van der Waals surface area contributed by atoms with Crippen LogP contribution in [0.15, 0.2) is 97.3 Å². The van der Waals surface area contributed by atoms with Gasteiger partial charge < -0.3 is 5.32 Å². The molecular formula is C25H23FN4O. The zero-order valence-corrected chi connectivity index (χ0v) is 17.1. The van der Waals surface area contributed by atoms with E-state index in [9.17, 15) is 9.18 Å². The number of hydrogen-bond donors (Lipinski definition) is 1. The first-order chi connectivity index (χ1) is 15.1. The summed E-state index contributed by atoms with van der Waals surface area (Å²) in [7, 11) is 1.90. The third-order valence-electron chi connectivity index (χ3n) is 5.00. The lowest BCUT2D eigenvalue weighted by Crippen LogP contribution is -2.34. The van der Waals surface area contributed by atoms with Gasteiger partial charge in [0.15, 0.2) is 0 Å². The first kappa shape index (κ1) is 20.5. The molecule has 4 rings (SSSR count). The molecule has 0 aliphatic carbocycles. The molecular weight excluding hydrogens is 391 g/mol. The summed E-state index contributed by atoms with van der Waals surface area (Å²) in [5, 5.41) is 7.34. The van der Waals surface area contributed by atoms with Crippen molar-refractivity contribution in [1.82, 2.24) is 14.7 Å². The van der Waals surface area contributed by atoms with E-state index in [2.05, 4.69) is 10.4 Å². The quantitative estimate of drug-likeness (QED) is 0.472. The van der Waals surface area contributed by atoms with Crippen molar-refractivity contribution >= 4 is 11.6 Å². The molecule has 0 unspecified atom stereocenters. The number of carbonyl (C=O) groups excluding carboxylic acids is 1. The van der Waals surface area contributed by atoms with Gasteiger partial charge in [-0.1, -0.05) is 48.5 Å². The van der Waals surface area contributed by atoms with Gasteiger partial charge in [0.05, 0.1) is 11.9 Å². The first-order valence-corrected chi connectivity index (χ1v) is 10.0. The van der Waals surface area contributed by atoms with E-state index in [4.69, 9.17) is 0 Å². The molecule has 31 heavy (non-hydrogen) atoms. The van der Waals surface area contributed by atoms with Crippen molar-refractivity contribution < 1.29 is 9.18 Å². The number of nitrogens with one attached hydrogen (secondary N) is 1. The van der Waals surface area contributed by atoms with E-state index in [-0.39, 0.29) is 11.7 Å². The van der Waals surface area contributed by atoms with Crippen LogP contribution in [0.25, 0.3) is 5.69 Å². The Morgan fingerprint density at radius 3 is 2.32 bits per heavy atom. The van der Waals surface area contributed by atoms with Crippen molar-refractivity contribution in [2.45, 2.75) is 12.6 Å². The fourth-order valence-corrected chi connectivity index (χ4v) is 3.53. The molecule has 1 heterocycles. The van der Waals surface area contributed by atoms with Crippen LogP contribution < -0.4 is 5.32 Å². The minimum absolute atomic E-state index is 0.184. The molecule has 156 valence electrons. The van der Waals surface area contributed by atoms with E-state index in [1.54, 1.807) is 12.1 Å². The first-order valence-electron chi connectivity index (χ1n) is 10.0. The van der Waals surface area contributed by atoms with Crippen molar-refractivity contribution in [3.63, 3.8) is 0 Å². The van der Waals surface area contributed by atoms with Crippen molar-refractivity contribution in [1.29, 1.82) is 0 Å².